The predicted molar refractivity (Wildman–Crippen MR) is 62.3 cm³/mol. The molecule has 0 amide bonds. The van der Waals surface area contributed by atoms with Gasteiger partial charge in [0.15, 0.2) is 0 Å². The molecule has 0 aromatic rings. The Morgan fingerprint density at radius 3 is 2.87 bits per heavy atom. The Kier molecular flexibility index (Phi) is 3.57. The number of likely N-dealkylation sites (tertiary alicyclic amines) is 1. The lowest BCUT2D eigenvalue weighted by molar-refractivity contribution is -0.143. The summed E-state index contributed by atoms with van der Waals surface area (Å²) in [5.41, 5.74) is 0. The molecule has 3 nitrogen and oxygen atoms in total. The molecule has 15 heavy (non-hydrogen) atoms. The van der Waals surface area contributed by atoms with Crippen LogP contribution in [0.25, 0.3) is 0 Å². The maximum Gasteiger partial charge on any atom is 0.307 e. The van der Waals surface area contributed by atoms with Crippen LogP contribution >= 0.6 is 11.8 Å². The molecular weight excluding hydrogens is 210 g/mol. The van der Waals surface area contributed by atoms with Crippen molar-refractivity contribution in [1.29, 1.82) is 0 Å². The number of nitrogens with zero attached hydrogens (tertiary/aromatic N) is 1. The zero-order valence-corrected chi connectivity index (χ0v) is 10.0. The summed E-state index contributed by atoms with van der Waals surface area (Å²) in [6.45, 7) is 4.14. The largest absolute Gasteiger partial charge is 0.481 e. The highest BCUT2D eigenvalue weighted by molar-refractivity contribution is 8.00. The van der Waals surface area contributed by atoms with Crippen molar-refractivity contribution < 1.29 is 9.90 Å². The van der Waals surface area contributed by atoms with E-state index in [1.165, 1.54) is 12.2 Å². The quantitative estimate of drug-likeness (QED) is 0.782. The number of aliphatic carboxylic acids is 1. The summed E-state index contributed by atoms with van der Waals surface area (Å²) in [5.74, 6) is 0.495. The smallest absolute Gasteiger partial charge is 0.307 e. The predicted octanol–water partition coefficient (Wildman–Crippen LogP) is 1.68. The molecule has 3 atom stereocenters. The van der Waals surface area contributed by atoms with Gasteiger partial charge in [0.2, 0.25) is 0 Å². The Labute approximate surface area is 95.2 Å². The van der Waals surface area contributed by atoms with Crippen LogP contribution in [0.2, 0.25) is 0 Å². The molecule has 0 spiro atoms. The van der Waals surface area contributed by atoms with Gasteiger partial charge in [-0.25, -0.2) is 0 Å². The topological polar surface area (TPSA) is 40.5 Å². The molecule has 2 rings (SSSR count). The maximum absolute atomic E-state index is 11.0. The van der Waals surface area contributed by atoms with Crippen molar-refractivity contribution in [1.82, 2.24) is 4.90 Å². The van der Waals surface area contributed by atoms with Crippen molar-refractivity contribution in [2.24, 2.45) is 5.92 Å². The van der Waals surface area contributed by atoms with Crippen molar-refractivity contribution in [3.63, 3.8) is 0 Å². The molecular formula is C11H19NO2S. The summed E-state index contributed by atoms with van der Waals surface area (Å²) < 4.78 is 0. The number of rotatable bonds is 2. The summed E-state index contributed by atoms with van der Waals surface area (Å²) in [5, 5.41) is 9.71. The van der Waals surface area contributed by atoms with Gasteiger partial charge in [-0.1, -0.05) is 6.92 Å². The number of thioether (sulfide) groups is 1. The van der Waals surface area contributed by atoms with Gasteiger partial charge in [0.1, 0.15) is 0 Å². The Hall–Kier alpha value is -0.220. The molecule has 1 N–H and O–H groups in total. The highest BCUT2D eigenvalue weighted by Gasteiger charge is 2.34. The average Bonchev–Trinajstić information content (AvgIpc) is 2.64. The third kappa shape index (κ3) is 2.48. The second-order valence-electron chi connectivity index (χ2n) is 4.60. The zero-order chi connectivity index (χ0) is 10.8. The van der Waals surface area contributed by atoms with Crippen molar-refractivity contribution in [2.45, 2.75) is 37.5 Å². The van der Waals surface area contributed by atoms with Gasteiger partial charge < -0.3 is 5.11 Å². The fourth-order valence-electron chi connectivity index (χ4n) is 2.71. The van der Waals surface area contributed by atoms with Crippen LogP contribution in [-0.2, 0) is 4.79 Å². The lowest BCUT2D eigenvalue weighted by Crippen LogP contribution is -2.46. The molecule has 2 heterocycles. The summed E-state index contributed by atoms with van der Waals surface area (Å²) in [4.78, 5) is 13.4. The Morgan fingerprint density at radius 2 is 2.27 bits per heavy atom. The normalized spacial score (nSPS) is 38.1. The van der Waals surface area contributed by atoms with Crippen LogP contribution in [0.4, 0.5) is 0 Å². The summed E-state index contributed by atoms with van der Waals surface area (Å²) in [6, 6.07) is 0.622. The lowest BCUT2D eigenvalue weighted by Gasteiger charge is -2.36. The van der Waals surface area contributed by atoms with Crippen molar-refractivity contribution in [3.05, 3.63) is 0 Å². The monoisotopic (exact) mass is 229 g/mol. The van der Waals surface area contributed by atoms with E-state index in [0.29, 0.717) is 11.3 Å². The second kappa shape index (κ2) is 4.74. The fourth-order valence-corrected chi connectivity index (χ4v) is 3.99. The molecule has 2 aliphatic rings. The number of carboxylic acid groups (broad SMARTS) is 1. The summed E-state index contributed by atoms with van der Waals surface area (Å²) >= 11 is 2.02. The van der Waals surface area contributed by atoms with Crippen LogP contribution in [0.15, 0.2) is 0 Å². The highest BCUT2D eigenvalue weighted by atomic mass is 32.2. The van der Waals surface area contributed by atoms with E-state index in [9.17, 15) is 4.79 Å². The number of hydrogen-bond acceptors (Lipinski definition) is 3. The summed E-state index contributed by atoms with van der Waals surface area (Å²) in [7, 11) is 0. The van der Waals surface area contributed by atoms with E-state index in [0.717, 1.165) is 25.9 Å². The van der Waals surface area contributed by atoms with Gasteiger partial charge >= 0.3 is 5.97 Å². The first-order valence-electron chi connectivity index (χ1n) is 5.77. The van der Waals surface area contributed by atoms with Crippen LogP contribution in [0.5, 0.6) is 0 Å². The van der Waals surface area contributed by atoms with Crippen molar-refractivity contribution in [2.75, 3.05) is 18.8 Å². The van der Waals surface area contributed by atoms with Gasteiger partial charge in [-0.15, -0.1) is 0 Å². The molecule has 0 aromatic carbocycles. The molecule has 3 unspecified atom stereocenters. The van der Waals surface area contributed by atoms with Gasteiger partial charge in [-0.3, -0.25) is 9.69 Å². The van der Waals surface area contributed by atoms with E-state index < -0.39 is 5.97 Å². The van der Waals surface area contributed by atoms with Gasteiger partial charge in [0.05, 0.1) is 5.92 Å². The summed E-state index contributed by atoms with van der Waals surface area (Å²) in [6.07, 6.45) is 3.14. The van der Waals surface area contributed by atoms with E-state index in [1.807, 2.05) is 11.8 Å². The molecule has 2 saturated heterocycles. The van der Waals surface area contributed by atoms with E-state index in [-0.39, 0.29) is 5.92 Å². The van der Waals surface area contributed by atoms with E-state index >= 15 is 0 Å². The number of piperidine rings is 1. The number of carbonyl (C=O) groups is 1. The van der Waals surface area contributed by atoms with Crippen molar-refractivity contribution in [3.8, 4) is 0 Å². The van der Waals surface area contributed by atoms with E-state index in [4.69, 9.17) is 5.11 Å². The minimum atomic E-state index is -0.613. The van der Waals surface area contributed by atoms with Crippen molar-refractivity contribution >= 4 is 17.7 Å². The molecule has 86 valence electrons. The Balaban J connectivity index is 1.94. The first-order chi connectivity index (χ1) is 7.18. The van der Waals surface area contributed by atoms with Crippen LogP contribution in [0.3, 0.4) is 0 Å². The molecule has 2 fully saturated rings. The average molecular weight is 229 g/mol. The van der Waals surface area contributed by atoms with Gasteiger partial charge in [0.25, 0.3) is 0 Å². The van der Waals surface area contributed by atoms with Gasteiger partial charge in [0, 0.05) is 17.8 Å². The first kappa shape index (κ1) is 11.3. The third-order valence-electron chi connectivity index (χ3n) is 3.61. The highest BCUT2D eigenvalue weighted by Crippen LogP contribution is 2.32. The standard InChI is InChI=1S/C11H19NO2S/c1-8-10(4-6-15-8)12-5-2-3-9(7-12)11(13)14/h8-10H,2-7H2,1H3,(H,13,14). The van der Waals surface area contributed by atoms with E-state index in [1.54, 1.807) is 0 Å². The second-order valence-corrected chi connectivity index (χ2v) is 6.09. The molecule has 0 saturated carbocycles. The molecule has 0 aromatic heterocycles. The third-order valence-corrected chi connectivity index (χ3v) is 4.92. The fraction of sp³-hybridized carbons (Fsp3) is 0.909. The molecule has 4 heteroatoms. The van der Waals surface area contributed by atoms with Crippen LogP contribution < -0.4 is 0 Å². The van der Waals surface area contributed by atoms with Gasteiger partial charge in [-0.05, 0) is 31.6 Å². The zero-order valence-electron chi connectivity index (χ0n) is 9.19. The van der Waals surface area contributed by atoms with E-state index in [2.05, 4.69) is 11.8 Å². The number of carboxylic acids is 1. The van der Waals surface area contributed by atoms with Gasteiger partial charge in [-0.2, -0.15) is 11.8 Å². The number of hydrogen-bond donors (Lipinski definition) is 1. The molecule has 2 aliphatic heterocycles. The van der Waals surface area contributed by atoms with Crippen LogP contribution in [-0.4, -0.2) is 46.1 Å². The Morgan fingerprint density at radius 1 is 1.47 bits per heavy atom. The SMILES string of the molecule is CC1SCCC1N1CCCC(C(=O)O)C1. The first-order valence-corrected chi connectivity index (χ1v) is 6.82. The maximum atomic E-state index is 11.0. The Bertz CT molecular complexity index is 247. The molecule has 0 radical (unpaired) electrons. The van der Waals surface area contributed by atoms with Crippen LogP contribution in [0.1, 0.15) is 26.2 Å². The minimum Gasteiger partial charge on any atom is -0.481 e. The lowest BCUT2D eigenvalue weighted by atomic mass is 9.96. The molecule has 0 bridgehead atoms. The molecule has 0 aliphatic carbocycles. The van der Waals surface area contributed by atoms with Crippen LogP contribution in [0, 0.1) is 5.92 Å². The minimum absolute atomic E-state index is 0.128.